The Labute approximate surface area is 122 Å². The van der Waals surface area contributed by atoms with Gasteiger partial charge < -0.3 is 10.5 Å². The quantitative estimate of drug-likeness (QED) is 0.855. The molecule has 1 unspecified atom stereocenters. The molecule has 0 spiro atoms. The van der Waals surface area contributed by atoms with Crippen LogP contribution >= 0.6 is 15.9 Å². The number of hydrogen-bond acceptors (Lipinski definition) is 2. The van der Waals surface area contributed by atoms with Gasteiger partial charge in [0.05, 0.1) is 17.6 Å². The van der Waals surface area contributed by atoms with Crippen LogP contribution in [0.15, 0.2) is 34.8 Å². The summed E-state index contributed by atoms with van der Waals surface area (Å²) in [6.45, 7) is 0. The Bertz CT molecular complexity index is 649. The van der Waals surface area contributed by atoms with Crippen molar-refractivity contribution in [2.75, 3.05) is 7.11 Å². The van der Waals surface area contributed by atoms with Crippen LogP contribution in [0, 0.1) is 17.5 Å². The molecular weight excluding hydrogens is 335 g/mol. The average Bonchev–Trinajstić information content (AvgIpc) is 2.44. The predicted molar refractivity (Wildman–Crippen MR) is 73.0 cm³/mol. The third-order valence-electron chi connectivity index (χ3n) is 2.94. The Morgan fingerprint density at radius 3 is 2.40 bits per heavy atom. The van der Waals surface area contributed by atoms with Crippen LogP contribution in [0.2, 0.25) is 0 Å². The largest absolute Gasteiger partial charge is 0.494 e. The highest BCUT2D eigenvalue weighted by atomic mass is 79.9. The zero-order chi connectivity index (χ0) is 14.9. The Balaban J connectivity index is 2.44. The van der Waals surface area contributed by atoms with Crippen molar-refractivity contribution < 1.29 is 17.9 Å². The highest BCUT2D eigenvalue weighted by Crippen LogP contribution is 2.31. The number of nitrogens with two attached hydrogens (primary N) is 1. The number of methoxy groups -OCH3 is 1. The summed E-state index contributed by atoms with van der Waals surface area (Å²) in [5.74, 6) is -2.48. The highest BCUT2D eigenvalue weighted by Gasteiger charge is 2.18. The topological polar surface area (TPSA) is 35.2 Å². The van der Waals surface area contributed by atoms with Crippen molar-refractivity contribution in [2.45, 2.75) is 6.04 Å². The van der Waals surface area contributed by atoms with Gasteiger partial charge in [-0.15, -0.1) is 0 Å². The van der Waals surface area contributed by atoms with Gasteiger partial charge in [-0.2, -0.15) is 0 Å². The summed E-state index contributed by atoms with van der Waals surface area (Å²) in [6.07, 6.45) is 0. The van der Waals surface area contributed by atoms with E-state index in [2.05, 4.69) is 15.9 Å². The van der Waals surface area contributed by atoms with Crippen molar-refractivity contribution in [1.82, 2.24) is 0 Å². The molecule has 0 aromatic heterocycles. The second-order valence-corrected chi connectivity index (χ2v) is 4.93. The summed E-state index contributed by atoms with van der Waals surface area (Å²) in [5.41, 5.74) is 6.72. The average molecular weight is 346 g/mol. The van der Waals surface area contributed by atoms with Crippen LogP contribution in [0.5, 0.6) is 5.75 Å². The van der Waals surface area contributed by atoms with Gasteiger partial charge in [-0.25, -0.2) is 13.2 Å². The fraction of sp³-hybridized carbons (Fsp3) is 0.143. The van der Waals surface area contributed by atoms with Gasteiger partial charge in [0.15, 0.2) is 23.2 Å². The van der Waals surface area contributed by atoms with E-state index >= 15 is 0 Å². The first kappa shape index (κ1) is 14.9. The molecule has 6 heteroatoms. The van der Waals surface area contributed by atoms with Crippen molar-refractivity contribution in [2.24, 2.45) is 5.73 Å². The molecular formula is C14H11BrF3NO. The fourth-order valence-corrected chi connectivity index (χ4v) is 2.40. The maximum Gasteiger partial charge on any atom is 0.173 e. The summed E-state index contributed by atoms with van der Waals surface area (Å²) < 4.78 is 44.9. The Morgan fingerprint density at radius 2 is 1.80 bits per heavy atom. The molecule has 106 valence electrons. The van der Waals surface area contributed by atoms with Crippen molar-refractivity contribution in [3.63, 3.8) is 0 Å². The molecule has 0 bridgehead atoms. The van der Waals surface area contributed by atoms with Gasteiger partial charge in [0.25, 0.3) is 0 Å². The molecule has 0 amide bonds. The molecule has 0 saturated carbocycles. The maximum absolute atomic E-state index is 13.6. The number of hydrogen-bond donors (Lipinski definition) is 1. The van der Waals surface area contributed by atoms with E-state index in [4.69, 9.17) is 10.5 Å². The first-order valence-electron chi connectivity index (χ1n) is 5.68. The van der Waals surface area contributed by atoms with E-state index in [1.807, 2.05) is 0 Å². The lowest BCUT2D eigenvalue weighted by Gasteiger charge is -2.16. The molecule has 2 aromatic carbocycles. The number of halogens is 4. The molecule has 0 saturated heterocycles. The zero-order valence-electron chi connectivity index (χ0n) is 10.5. The number of benzene rings is 2. The molecule has 2 N–H and O–H groups in total. The predicted octanol–water partition coefficient (Wildman–Crippen LogP) is 3.92. The molecule has 0 heterocycles. The number of ether oxygens (including phenoxy) is 1. The first-order valence-corrected chi connectivity index (χ1v) is 6.47. The molecule has 2 aromatic rings. The van der Waals surface area contributed by atoms with Crippen molar-refractivity contribution >= 4 is 15.9 Å². The summed E-state index contributed by atoms with van der Waals surface area (Å²) in [6, 6.07) is 5.75. The Hall–Kier alpha value is -1.53. The van der Waals surface area contributed by atoms with Gasteiger partial charge in [0, 0.05) is 0 Å². The van der Waals surface area contributed by atoms with Gasteiger partial charge in [-0.3, -0.25) is 0 Å². The van der Waals surface area contributed by atoms with E-state index in [-0.39, 0.29) is 10.2 Å². The van der Waals surface area contributed by atoms with Crippen LogP contribution in [0.4, 0.5) is 13.2 Å². The second kappa shape index (κ2) is 5.85. The van der Waals surface area contributed by atoms with E-state index < -0.39 is 23.5 Å². The SMILES string of the molecule is COc1ccc(C(N)c2ccc(F)c(F)c2Br)cc1F. The molecule has 0 fully saturated rings. The minimum absolute atomic E-state index is 0.0683. The van der Waals surface area contributed by atoms with Gasteiger partial charge in [-0.1, -0.05) is 12.1 Å². The van der Waals surface area contributed by atoms with E-state index in [1.165, 1.54) is 25.3 Å². The Kier molecular flexibility index (Phi) is 4.35. The molecule has 1 atom stereocenters. The molecule has 0 radical (unpaired) electrons. The minimum Gasteiger partial charge on any atom is -0.494 e. The molecule has 2 rings (SSSR count). The smallest absolute Gasteiger partial charge is 0.173 e. The summed E-state index contributed by atoms with van der Waals surface area (Å²) >= 11 is 2.96. The fourth-order valence-electron chi connectivity index (χ4n) is 1.84. The molecule has 20 heavy (non-hydrogen) atoms. The van der Waals surface area contributed by atoms with Crippen LogP contribution in [0.25, 0.3) is 0 Å². The molecule has 0 aliphatic rings. The van der Waals surface area contributed by atoms with E-state index in [0.717, 1.165) is 6.07 Å². The third kappa shape index (κ3) is 2.66. The molecule has 0 aliphatic carbocycles. The highest BCUT2D eigenvalue weighted by molar-refractivity contribution is 9.10. The lowest BCUT2D eigenvalue weighted by molar-refractivity contribution is 0.386. The maximum atomic E-state index is 13.6. The summed E-state index contributed by atoms with van der Waals surface area (Å²) in [7, 11) is 1.35. The van der Waals surface area contributed by atoms with Crippen LogP contribution in [-0.4, -0.2) is 7.11 Å². The van der Waals surface area contributed by atoms with E-state index in [1.54, 1.807) is 6.07 Å². The lowest BCUT2D eigenvalue weighted by atomic mass is 9.99. The Morgan fingerprint density at radius 1 is 1.10 bits per heavy atom. The monoisotopic (exact) mass is 345 g/mol. The van der Waals surface area contributed by atoms with Crippen LogP contribution in [0.3, 0.4) is 0 Å². The summed E-state index contributed by atoms with van der Waals surface area (Å²) in [5, 5.41) is 0. The number of rotatable bonds is 3. The lowest BCUT2D eigenvalue weighted by Crippen LogP contribution is -2.14. The normalized spacial score (nSPS) is 12.3. The molecule has 2 nitrogen and oxygen atoms in total. The van der Waals surface area contributed by atoms with Gasteiger partial charge in [0.1, 0.15) is 0 Å². The van der Waals surface area contributed by atoms with Crippen molar-refractivity contribution in [1.29, 1.82) is 0 Å². The van der Waals surface area contributed by atoms with E-state index in [0.29, 0.717) is 11.1 Å². The molecule has 0 aliphatic heterocycles. The summed E-state index contributed by atoms with van der Waals surface area (Å²) in [4.78, 5) is 0. The van der Waals surface area contributed by atoms with Crippen LogP contribution < -0.4 is 10.5 Å². The van der Waals surface area contributed by atoms with Gasteiger partial charge in [-0.05, 0) is 45.3 Å². The van der Waals surface area contributed by atoms with Crippen LogP contribution in [-0.2, 0) is 0 Å². The van der Waals surface area contributed by atoms with Gasteiger partial charge in [0.2, 0.25) is 0 Å². The van der Waals surface area contributed by atoms with E-state index in [9.17, 15) is 13.2 Å². The van der Waals surface area contributed by atoms with Crippen LogP contribution in [0.1, 0.15) is 17.2 Å². The van der Waals surface area contributed by atoms with Gasteiger partial charge >= 0.3 is 0 Å². The van der Waals surface area contributed by atoms with Crippen molar-refractivity contribution in [3.05, 3.63) is 63.4 Å². The second-order valence-electron chi connectivity index (χ2n) is 4.14. The minimum atomic E-state index is -1.02. The zero-order valence-corrected chi connectivity index (χ0v) is 12.0. The standard InChI is InChI=1S/C14H11BrF3NO/c1-20-11-5-2-7(6-10(11)17)14(19)8-3-4-9(16)13(18)12(8)15/h2-6,14H,19H2,1H3. The van der Waals surface area contributed by atoms with Crippen molar-refractivity contribution in [3.8, 4) is 5.75 Å². The first-order chi connectivity index (χ1) is 9.45. The third-order valence-corrected chi connectivity index (χ3v) is 3.74.